The predicted octanol–water partition coefficient (Wildman–Crippen LogP) is 3.26. The Morgan fingerprint density at radius 2 is 1.86 bits per heavy atom. The van der Waals surface area contributed by atoms with Crippen LogP contribution in [0.15, 0.2) is 24.3 Å². The molecule has 0 radical (unpaired) electrons. The van der Waals surface area contributed by atoms with Crippen molar-refractivity contribution in [2.24, 2.45) is 5.41 Å². The molecule has 0 aromatic heterocycles. The van der Waals surface area contributed by atoms with Gasteiger partial charge in [0.2, 0.25) is 0 Å². The fraction of sp³-hybridized carbons (Fsp3) is 0.412. The van der Waals surface area contributed by atoms with Gasteiger partial charge >= 0.3 is 5.97 Å². The fourth-order valence-electron chi connectivity index (χ4n) is 1.70. The van der Waals surface area contributed by atoms with Crippen molar-refractivity contribution in [1.29, 1.82) is 0 Å². The highest BCUT2D eigenvalue weighted by atomic mass is 16.4. The molecule has 1 rings (SSSR count). The first-order valence-electron chi connectivity index (χ1n) is 6.93. The summed E-state index contributed by atoms with van der Waals surface area (Å²) in [5.74, 6) is -1.16. The molecule has 21 heavy (non-hydrogen) atoms. The SMILES string of the molecule is Cc1cc(/C=C/C(=O)O)cc(C(=O)NC(C)C(C)(C)C)c1. The minimum absolute atomic E-state index is 0.0223. The third-order valence-electron chi connectivity index (χ3n) is 3.43. The molecule has 2 N–H and O–H groups in total. The van der Waals surface area contributed by atoms with Gasteiger partial charge in [0.15, 0.2) is 0 Å². The molecule has 4 nitrogen and oxygen atoms in total. The number of carboxylic acids is 1. The van der Waals surface area contributed by atoms with Gasteiger partial charge < -0.3 is 10.4 Å². The minimum Gasteiger partial charge on any atom is -0.478 e. The van der Waals surface area contributed by atoms with E-state index >= 15 is 0 Å². The molecule has 0 heterocycles. The largest absolute Gasteiger partial charge is 0.478 e. The third-order valence-corrected chi connectivity index (χ3v) is 3.43. The quantitative estimate of drug-likeness (QED) is 0.836. The van der Waals surface area contributed by atoms with Crippen molar-refractivity contribution in [3.8, 4) is 0 Å². The summed E-state index contributed by atoms with van der Waals surface area (Å²) in [7, 11) is 0. The summed E-state index contributed by atoms with van der Waals surface area (Å²) in [5.41, 5.74) is 2.13. The molecule has 0 fully saturated rings. The topological polar surface area (TPSA) is 66.4 Å². The van der Waals surface area contributed by atoms with Crippen molar-refractivity contribution in [2.45, 2.75) is 40.7 Å². The van der Waals surface area contributed by atoms with Gasteiger partial charge in [0.25, 0.3) is 5.91 Å². The van der Waals surface area contributed by atoms with Crippen LogP contribution in [0.1, 0.15) is 49.2 Å². The minimum atomic E-state index is -1.01. The zero-order valence-electron chi connectivity index (χ0n) is 13.2. The van der Waals surface area contributed by atoms with E-state index in [-0.39, 0.29) is 17.4 Å². The van der Waals surface area contributed by atoms with E-state index in [1.165, 1.54) is 6.08 Å². The van der Waals surface area contributed by atoms with Crippen LogP contribution in [0.4, 0.5) is 0 Å². The van der Waals surface area contributed by atoms with Crippen LogP contribution < -0.4 is 5.32 Å². The second kappa shape index (κ2) is 6.57. The molecule has 114 valence electrons. The van der Waals surface area contributed by atoms with Crippen LogP contribution in [0, 0.1) is 12.3 Å². The molecule has 4 heteroatoms. The fourth-order valence-corrected chi connectivity index (χ4v) is 1.70. The molecule has 0 aliphatic rings. The molecule has 1 amide bonds. The van der Waals surface area contributed by atoms with Crippen molar-refractivity contribution in [2.75, 3.05) is 0 Å². The van der Waals surface area contributed by atoms with Gasteiger partial charge in [-0.25, -0.2) is 4.79 Å². The van der Waals surface area contributed by atoms with Gasteiger partial charge in [-0.3, -0.25) is 4.79 Å². The van der Waals surface area contributed by atoms with Crippen molar-refractivity contribution in [1.82, 2.24) is 5.32 Å². The highest BCUT2D eigenvalue weighted by Crippen LogP contribution is 2.19. The van der Waals surface area contributed by atoms with Crippen molar-refractivity contribution >= 4 is 18.0 Å². The molecule has 1 aromatic rings. The van der Waals surface area contributed by atoms with E-state index in [0.29, 0.717) is 11.1 Å². The first-order valence-corrected chi connectivity index (χ1v) is 6.93. The number of carboxylic acid groups (broad SMARTS) is 1. The summed E-state index contributed by atoms with van der Waals surface area (Å²) in [6.45, 7) is 10.0. The number of rotatable bonds is 4. The number of nitrogens with one attached hydrogen (secondary N) is 1. The number of benzene rings is 1. The second-order valence-electron chi connectivity index (χ2n) is 6.37. The van der Waals surface area contributed by atoms with E-state index in [0.717, 1.165) is 11.6 Å². The zero-order chi connectivity index (χ0) is 16.2. The highest BCUT2D eigenvalue weighted by Gasteiger charge is 2.22. The van der Waals surface area contributed by atoms with Gasteiger partial charge in [-0.1, -0.05) is 26.8 Å². The van der Waals surface area contributed by atoms with Crippen LogP contribution >= 0.6 is 0 Å². The Labute approximate surface area is 125 Å². The Morgan fingerprint density at radius 1 is 1.24 bits per heavy atom. The van der Waals surface area contributed by atoms with E-state index in [9.17, 15) is 9.59 Å². The van der Waals surface area contributed by atoms with Crippen molar-refractivity contribution < 1.29 is 14.7 Å². The lowest BCUT2D eigenvalue weighted by molar-refractivity contribution is -0.131. The number of aryl methyl sites for hydroxylation is 1. The summed E-state index contributed by atoms with van der Waals surface area (Å²) >= 11 is 0. The van der Waals surface area contributed by atoms with Gasteiger partial charge in [-0.05, 0) is 48.6 Å². The third kappa shape index (κ3) is 5.42. The molecule has 0 saturated carbocycles. The van der Waals surface area contributed by atoms with E-state index < -0.39 is 5.97 Å². The lowest BCUT2D eigenvalue weighted by Crippen LogP contribution is -2.41. The summed E-state index contributed by atoms with van der Waals surface area (Å²) in [6.07, 6.45) is 2.55. The molecule has 1 atom stereocenters. The van der Waals surface area contributed by atoms with Crippen molar-refractivity contribution in [3.05, 3.63) is 41.0 Å². The van der Waals surface area contributed by atoms with Gasteiger partial charge in [-0.15, -0.1) is 0 Å². The molecule has 0 spiro atoms. The Bertz CT molecular complexity index is 568. The molecule has 0 aliphatic heterocycles. The van der Waals surface area contributed by atoms with Crippen LogP contribution in [0.25, 0.3) is 6.08 Å². The molecule has 0 saturated heterocycles. The van der Waals surface area contributed by atoms with E-state index in [1.807, 2.05) is 19.9 Å². The zero-order valence-corrected chi connectivity index (χ0v) is 13.2. The molecule has 0 bridgehead atoms. The lowest BCUT2D eigenvalue weighted by atomic mass is 9.88. The number of carbonyl (C=O) groups excluding carboxylic acids is 1. The highest BCUT2D eigenvalue weighted by molar-refractivity contribution is 5.95. The number of hydrogen-bond donors (Lipinski definition) is 2. The number of carbonyl (C=O) groups is 2. The van der Waals surface area contributed by atoms with Crippen LogP contribution in [0.3, 0.4) is 0 Å². The normalized spacial score (nSPS) is 13.2. The summed E-state index contributed by atoms with van der Waals surface area (Å²) in [5, 5.41) is 11.6. The smallest absolute Gasteiger partial charge is 0.328 e. The Balaban J connectivity index is 2.97. The number of amides is 1. The summed E-state index contributed by atoms with van der Waals surface area (Å²) in [6, 6.07) is 5.35. The second-order valence-corrected chi connectivity index (χ2v) is 6.37. The first kappa shape index (κ1) is 17.0. The van der Waals surface area contributed by atoms with Gasteiger partial charge in [0.05, 0.1) is 0 Å². The standard InChI is InChI=1S/C17H23NO3/c1-11-8-13(6-7-15(19)20)10-14(9-11)16(21)18-12(2)17(3,4)5/h6-10,12H,1-5H3,(H,18,21)(H,19,20)/b7-6+. The Morgan fingerprint density at radius 3 is 2.38 bits per heavy atom. The van der Waals surface area contributed by atoms with Crippen molar-refractivity contribution in [3.63, 3.8) is 0 Å². The average molecular weight is 289 g/mol. The summed E-state index contributed by atoms with van der Waals surface area (Å²) in [4.78, 5) is 22.9. The molecule has 1 unspecified atom stereocenters. The maximum absolute atomic E-state index is 12.3. The van der Waals surface area contributed by atoms with Crippen LogP contribution in [-0.2, 0) is 4.79 Å². The molecule has 1 aromatic carbocycles. The first-order chi connectivity index (χ1) is 9.59. The van der Waals surface area contributed by atoms with Gasteiger partial charge in [-0.2, -0.15) is 0 Å². The average Bonchev–Trinajstić information content (AvgIpc) is 2.34. The Hall–Kier alpha value is -2.10. The van der Waals surface area contributed by atoms with E-state index in [1.54, 1.807) is 12.1 Å². The van der Waals surface area contributed by atoms with Gasteiger partial charge in [0.1, 0.15) is 0 Å². The lowest BCUT2D eigenvalue weighted by Gasteiger charge is -2.28. The number of hydrogen-bond acceptors (Lipinski definition) is 2. The molecular formula is C17H23NO3. The number of aliphatic carboxylic acids is 1. The van der Waals surface area contributed by atoms with Crippen LogP contribution in [0.2, 0.25) is 0 Å². The van der Waals surface area contributed by atoms with Gasteiger partial charge in [0, 0.05) is 17.7 Å². The van der Waals surface area contributed by atoms with Crippen LogP contribution in [0.5, 0.6) is 0 Å². The predicted molar refractivity (Wildman–Crippen MR) is 84.2 cm³/mol. The van der Waals surface area contributed by atoms with E-state index in [2.05, 4.69) is 26.1 Å². The monoisotopic (exact) mass is 289 g/mol. The van der Waals surface area contributed by atoms with Crippen LogP contribution in [-0.4, -0.2) is 23.0 Å². The Kier molecular flexibility index (Phi) is 5.30. The molecule has 0 aliphatic carbocycles. The summed E-state index contributed by atoms with van der Waals surface area (Å²) < 4.78 is 0. The maximum Gasteiger partial charge on any atom is 0.328 e. The van der Waals surface area contributed by atoms with E-state index in [4.69, 9.17) is 5.11 Å². The maximum atomic E-state index is 12.3. The molecular weight excluding hydrogens is 266 g/mol.